The van der Waals surface area contributed by atoms with Crippen LogP contribution in [0, 0.1) is 0 Å². The van der Waals surface area contributed by atoms with Crippen molar-refractivity contribution >= 4 is 33.0 Å². The minimum Gasteiger partial charge on any atom is -0.394 e. The van der Waals surface area contributed by atoms with E-state index in [1.54, 1.807) is 29.5 Å². The summed E-state index contributed by atoms with van der Waals surface area (Å²) >= 11 is 8.07. The van der Waals surface area contributed by atoms with E-state index >= 15 is 0 Å². The molecule has 1 aliphatic rings. The van der Waals surface area contributed by atoms with Gasteiger partial charge in [-0.25, -0.2) is 4.39 Å². The topological polar surface area (TPSA) is 69.9 Å². The van der Waals surface area contributed by atoms with Gasteiger partial charge in [0, 0.05) is 21.0 Å². The summed E-state index contributed by atoms with van der Waals surface area (Å²) in [6.07, 6.45) is -6.44. The van der Waals surface area contributed by atoms with Crippen LogP contribution in [-0.2, 0) is 11.2 Å². The number of halogens is 2. The molecule has 4 nitrogen and oxygen atoms in total. The lowest BCUT2D eigenvalue weighted by Crippen LogP contribution is -2.53. The van der Waals surface area contributed by atoms with Gasteiger partial charge in [-0.15, -0.1) is 11.3 Å². The van der Waals surface area contributed by atoms with Crippen LogP contribution in [0.1, 0.15) is 22.1 Å². The number of benzene rings is 2. The van der Waals surface area contributed by atoms with Gasteiger partial charge in [0.2, 0.25) is 0 Å². The lowest BCUT2D eigenvalue weighted by molar-refractivity contribution is -0.214. The quantitative estimate of drug-likeness (QED) is 0.600. The Bertz CT molecular complexity index is 943. The predicted molar refractivity (Wildman–Crippen MR) is 108 cm³/mol. The second-order valence-corrected chi connectivity index (χ2v) is 8.56. The molecule has 3 N–H and O–H groups in total. The SMILES string of the molecule is OCC1OC(c2ccc(Cl)c(Cc3cc4ccccc4s3)c2)[C@H](O)C(O)C1F. The van der Waals surface area contributed by atoms with Crippen molar-refractivity contribution < 1.29 is 24.4 Å². The number of hydrogen-bond acceptors (Lipinski definition) is 5. The van der Waals surface area contributed by atoms with Gasteiger partial charge >= 0.3 is 0 Å². The Balaban J connectivity index is 1.63. The number of aliphatic hydroxyl groups excluding tert-OH is 3. The van der Waals surface area contributed by atoms with Gasteiger partial charge in [0.1, 0.15) is 24.4 Å². The second-order valence-electron chi connectivity index (χ2n) is 6.98. The maximum absolute atomic E-state index is 14.0. The number of alkyl halides is 1. The fourth-order valence-electron chi connectivity index (χ4n) is 3.57. The van der Waals surface area contributed by atoms with Gasteiger partial charge < -0.3 is 20.1 Å². The second kappa shape index (κ2) is 8.06. The molecule has 1 aliphatic heterocycles. The molecule has 4 unspecified atom stereocenters. The largest absolute Gasteiger partial charge is 0.394 e. The zero-order valence-electron chi connectivity index (χ0n) is 14.8. The number of fused-ring (bicyclic) bond motifs is 1. The zero-order valence-corrected chi connectivity index (χ0v) is 16.4. The molecule has 0 aliphatic carbocycles. The summed E-state index contributed by atoms with van der Waals surface area (Å²) in [6.45, 7) is -0.580. The molecule has 148 valence electrons. The Kier molecular flexibility index (Phi) is 5.69. The van der Waals surface area contributed by atoms with E-state index in [0.717, 1.165) is 10.4 Å². The lowest BCUT2D eigenvalue weighted by atomic mass is 9.91. The summed E-state index contributed by atoms with van der Waals surface area (Å²) in [5.41, 5.74) is 1.43. The zero-order chi connectivity index (χ0) is 19.8. The van der Waals surface area contributed by atoms with Crippen LogP contribution >= 0.6 is 22.9 Å². The Morgan fingerprint density at radius 1 is 1.07 bits per heavy atom. The fraction of sp³-hybridized carbons (Fsp3) is 0.333. The monoisotopic (exact) mass is 422 g/mol. The molecule has 0 radical (unpaired) electrons. The molecular weight excluding hydrogens is 403 g/mol. The minimum absolute atomic E-state index is 0.578. The molecule has 0 bridgehead atoms. The Morgan fingerprint density at radius 2 is 1.86 bits per heavy atom. The van der Waals surface area contributed by atoms with Crippen LogP contribution in [0.3, 0.4) is 0 Å². The van der Waals surface area contributed by atoms with Crippen molar-refractivity contribution in [2.75, 3.05) is 6.61 Å². The van der Waals surface area contributed by atoms with Crippen LogP contribution in [0.5, 0.6) is 0 Å². The average molecular weight is 423 g/mol. The highest BCUT2D eigenvalue weighted by Gasteiger charge is 2.45. The maximum atomic E-state index is 14.0. The molecule has 0 spiro atoms. The predicted octanol–water partition coefficient (Wildman–Crippen LogP) is 3.64. The van der Waals surface area contributed by atoms with Gasteiger partial charge in [0.15, 0.2) is 6.17 Å². The van der Waals surface area contributed by atoms with Crippen molar-refractivity contribution in [3.8, 4) is 0 Å². The highest BCUT2D eigenvalue weighted by Crippen LogP contribution is 2.36. The molecule has 2 heterocycles. The number of hydrogen-bond donors (Lipinski definition) is 3. The van der Waals surface area contributed by atoms with Crippen molar-refractivity contribution in [1.29, 1.82) is 0 Å². The first-order valence-corrected chi connectivity index (χ1v) is 10.2. The molecule has 28 heavy (non-hydrogen) atoms. The van der Waals surface area contributed by atoms with Crippen molar-refractivity contribution in [2.45, 2.75) is 37.0 Å². The van der Waals surface area contributed by atoms with E-state index in [2.05, 4.69) is 18.2 Å². The van der Waals surface area contributed by atoms with Crippen molar-refractivity contribution in [3.05, 3.63) is 69.6 Å². The van der Waals surface area contributed by atoms with Gasteiger partial charge in [0.05, 0.1) is 6.61 Å². The summed E-state index contributed by atoms with van der Waals surface area (Å²) in [5.74, 6) is 0. The molecule has 2 aromatic carbocycles. The van der Waals surface area contributed by atoms with Crippen LogP contribution in [0.2, 0.25) is 5.02 Å². The van der Waals surface area contributed by atoms with Gasteiger partial charge in [0.25, 0.3) is 0 Å². The van der Waals surface area contributed by atoms with Gasteiger partial charge in [-0.3, -0.25) is 0 Å². The van der Waals surface area contributed by atoms with Crippen molar-refractivity contribution in [1.82, 2.24) is 0 Å². The molecule has 1 saturated heterocycles. The van der Waals surface area contributed by atoms with Gasteiger partial charge in [-0.1, -0.05) is 41.9 Å². The smallest absolute Gasteiger partial charge is 0.157 e. The van der Waals surface area contributed by atoms with E-state index < -0.39 is 37.2 Å². The average Bonchev–Trinajstić information content (AvgIpc) is 3.11. The van der Waals surface area contributed by atoms with Crippen molar-refractivity contribution in [2.24, 2.45) is 0 Å². The minimum atomic E-state index is -1.85. The molecule has 1 fully saturated rings. The molecule has 1 aromatic heterocycles. The third-order valence-corrected chi connectivity index (χ3v) is 6.57. The van der Waals surface area contributed by atoms with Gasteiger partial charge in [-0.05, 0) is 34.7 Å². The normalized spacial score (nSPS) is 28.0. The number of rotatable bonds is 4. The van der Waals surface area contributed by atoms with Crippen LogP contribution in [0.15, 0.2) is 48.5 Å². The van der Waals surface area contributed by atoms with Crippen LogP contribution in [-0.4, -0.2) is 46.4 Å². The Hall–Kier alpha value is -1.54. The summed E-state index contributed by atoms with van der Waals surface area (Å²) in [4.78, 5) is 1.14. The molecule has 0 saturated carbocycles. The lowest BCUT2D eigenvalue weighted by Gasteiger charge is -2.39. The van der Waals surface area contributed by atoms with Crippen LogP contribution in [0.4, 0.5) is 4.39 Å². The third-order valence-electron chi connectivity index (χ3n) is 5.08. The van der Waals surface area contributed by atoms with E-state index in [1.807, 2.05) is 12.1 Å². The molecule has 0 amide bonds. The first-order valence-electron chi connectivity index (χ1n) is 9.00. The first-order chi connectivity index (χ1) is 13.5. The first kappa shape index (κ1) is 19.8. The summed E-state index contributed by atoms with van der Waals surface area (Å²) < 4.78 is 20.7. The van der Waals surface area contributed by atoms with Crippen molar-refractivity contribution in [3.63, 3.8) is 0 Å². The van der Waals surface area contributed by atoms with Gasteiger partial charge in [-0.2, -0.15) is 0 Å². The number of ether oxygens (including phenoxy) is 1. The molecular formula is C21H20ClFO4S. The van der Waals surface area contributed by atoms with Crippen LogP contribution in [0.25, 0.3) is 10.1 Å². The van der Waals surface area contributed by atoms with E-state index in [9.17, 15) is 19.7 Å². The Morgan fingerprint density at radius 3 is 2.61 bits per heavy atom. The molecule has 4 rings (SSSR count). The maximum Gasteiger partial charge on any atom is 0.157 e. The standard InChI is InChI=1S/C21H20ClFO4S/c22-15-6-5-12(21-20(26)19(25)18(23)16(10-24)27-21)7-13(15)9-14-8-11-3-1-2-4-17(11)28-14/h1-8,16,18-21,24-26H,9-10H2/t16?,18?,19?,20-,21?/m1/s1. The molecule has 5 atom stereocenters. The highest BCUT2D eigenvalue weighted by molar-refractivity contribution is 7.19. The van der Waals surface area contributed by atoms with E-state index in [4.69, 9.17) is 16.3 Å². The Labute approximate surface area is 170 Å². The summed E-state index contributed by atoms with van der Waals surface area (Å²) in [7, 11) is 0. The molecule has 7 heteroatoms. The number of thiophene rings is 1. The summed E-state index contributed by atoms with van der Waals surface area (Å²) in [6, 6.07) is 15.4. The van der Waals surface area contributed by atoms with E-state index in [-0.39, 0.29) is 0 Å². The van der Waals surface area contributed by atoms with Crippen LogP contribution < -0.4 is 0 Å². The highest BCUT2D eigenvalue weighted by atomic mass is 35.5. The number of aliphatic hydroxyl groups is 3. The fourth-order valence-corrected chi connectivity index (χ4v) is 4.84. The van der Waals surface area contributed by atoms with E-state index in [1.165, 1.54) is 10.1 Å². The summed E-state index contributed by atoms with van der Waals surface area (Å²) in [5, 5.41) is 31.3. The van der Waals surface area contributed by atoms with E-state index in [0.29, 0.717) is 17.0 Å². The third kappa shape index (κ3) is 3.68. The molecule has 3 aromatic rings.